The number of carbonyl (C=O) groups excluding carboxylic acids is 2. The average Bonchev–Trinajstić information content (AvgIpc) is 3.13. The van der Waals surface area contributed by atoms with E-state index in [1.165, 1.54) is 6.92 Å². The minimum Gasteiger partial charge on any atom is -0.350 e. The standard InChI is InChI=1S/C16H25N5O2/c1-10(2)15-19-18-14-7-6-12(9-21(14)15)17-16(23)13-5-4-8-20(13)11(3)22/h10,12-13H,4-9H2,1-3H3,(H,17,23)/t12-,13+/m1/s1. The molecule has 0 aromatic carbocycles. The normalized spacial score (nSPS) is 23.9. The predicted molar refractivity (Wildman–Crippen MR) is 84.8 cm³/mol. The van der Waals surface area contributed by atoms with Crippen molar-refractivity contribution >= 4 is 11.8 Å². The fourth-order valence-corrected chi connectivity index (χ4v) is 3.61. The first-order chi connectivity index (χ1) is 11.0. The van der Waals surface area contributed by atoms with Gasteiger partial charge in [-0.15, -0.1) is 10.2 Å². The Balaban J connectivity index is 1.66. The molecule has 0 saturated carbocycles. The summed E-state index contributed by atoms with van der Waals surface area (Å²) in [5, 5.41) is 11.7. The summed E-state index contributed by atoms with van der Waals surface area (Å²) in [6, 6.07) is -0.225. The molecule has 3 heterocycles. The Morgan fingerprint density at radius 2 is 2.04 bits per heavy atom. The van der Waals surface area contributed by atoms with Crippen LogP contribution in [0.5, 0.6) is 0 Å². The van der Waals surface area contributed by atoms with Gasteiger partial charge in [-0.1, -0.05) is 13.8 Å². The molecule has 0 radical (unpaired) electrons. The second-order valence-electron chi connectivity index (χ2n) is 6.85. The van der Waals surface area contributed by atoms with Gasteiger partial charge < -0.3 is 14.8 Å². The highest BCUT2D eigenvalue weighted by Gasteiger charge is 2.34. The number of rotatable bonds is 3. The van der Waals surface area contributed by atoms with Crippen molar-refractivity contribution in [3.8, 4) is 0 Å². The van der Waals surface area contributed by atoms with Crippen LogP contribution in [0.1, 0.15) is 57.6 Å². The molecule has 1 aromatic rings. The molecule has 2 amide bonds. The van der Waals surface area contributed by atoms with Gasteiger partial charge in [0.05, 0.1) is 0 Å². The zero-order valence-electron chi connectivity index (χ0n) is 14.1. The van der Waals surface area contributed by atoms with Crippen LogP contribution in [0.4, 0.5) is 0 Å². The van der Waals surface area contributed by atoms with Gasteiger partial charge in [-0.2, -0.15) is 0 Å². The van der Waals surface area contributed by atoms with E-state index in [0.717, 1.165) is 37.3 Å². The van der Waals surface area contributed by atoms with E-state index in [1.54, 1.807) is 4.90 Å². The van der Waals surface area contributed by atoms with E-state index in [0.29, 0.717) is 19.0 Å². The molecule has 0 aliphatic carbocycles. The Morgan fingerprint density at radius 3 is 2.74 bits per heavy atom. The Bertz CT molecular complexity index is 610. The second kappa shape index (κ2) is 6.29. The van der Waals surface area contributed by atoms with Crippen molar-refractivity contribution in [1.82, 2.24) is 25.0 Å². The highest BCUT2D eigenvalue weighted by atomic mass is 16.2. The lowest BCUT2D eigenvalue weighted by atomic mass is 10.1. The minimum atomic E-state index is -0.306. The lowest BCUT2D eigenvalue weighted by Gasteiger charge is -2.29. The van der Waals surface area contributed by atoms with Gasteiger partial charge in [0, 0.05) is 38.4 Å². The molecule has 23 heavy (non-hydrogen) atoms. The first kappa shape index (κ1) is 16.0. The van der Waals surface area contributed by atoms with Gasteiger partial charge in [0.15, 0.2) is 0 Å². The molecule has 7 nitrogen and oxygen atoms in total. The smallest absolute Gasteiger partial charge is 0.243 e. The number of aromatic nitrogens is 3. The maximum absolute atomic E-state index is 12.6. The monoisotopic (exact) mass is 319 g/mol. The van der Waals surface area contributed by atoms with Crippen molar-refractivity contribution in [3.05, 3.63) is 11.6 Å². The molecule has 2 aliphatic rings. The van der Waals surface area contributed by atoms with Crippen LogP contribution < -0.4 is 5.32 Å². The fraction of sp³-hybridized carbons (Fsp3) is 0.750. The molecule has 0 bridgehead atoms. The van der Waals surface area contributed by atoms with E-state index in [4.69, 9.17) is 0 Å². The van der Waals surface area contributed by atoms with Crippen molar-refractivity contribution in [2.45, 2.75) is 71.0 Å². The van der Waals surface area contributed by atoms with Crippen LogP contribution >= 0.6 is 0 Å². The molecule has 1 aromatic heterocycles. The zero-order valence-corrected chi connectivity index (χ0v) is 14.1. The molecule has 1 fully saturated rings. The molecule has 7 heteroatoms. The molecule has 0 spiro atoms. The van der Waals surface area contributed by atoms with Gasteiger partial charge in [0.1, 0.15) is 17.7 Å². The van der Waals surface area contributed by atoms with Crippen LogP contribution in [0.2, 0.25) is 0 Å². The van der Waals surface area contributed by atoms with Gasteiger partial charge >= 0.3 is 0 Å². The number of amides is 2. The number of hydrogen-bond donors (Lipinski definition) is 1. The first-order valence-electron chi connectivity index (χ1n) is 8.47. The SMILES string of the molecule is CC(=O)N1CCC[C@H]1C(=O)N[C@@H]1CCc2nnc(C(C)C)n2C1. The number of nitrogens with zero attached hydrogens (tertiary/aromatic N) is 4. The molecule has 1 saturated heterocycles. The van der Waals surface area contributed by atoms with Crippen LogP contribution in [0, 0.1) is 0 Å². The summed E-state index contributed by atoms with van der Waals surface area (Å²) in [6.45, 7) is 7.13. The quantitative estimate of drug-likeness (QED) is 0.895. The number of nitrogens with one attached hydrogen (secondary N) is 1. The van der Waals surface area contributed by atoms with E-state index in [1.807, 2.05) is 0 Å². The van der Waals surface area contributed by atoms with E-state index >= 15 is 0 Å². The molecule has 2 atom stereocenters. The molecular weight excluding hydrogens is 294 g/mol. The van der Waals surface area contributed by atoms with Crippen molar-refractivity contribution in [2.75, 3.05) is 6.54 Å². The summed E-state index contributed by atoms with van der Waals surface area (Å²) in [4.78, 5) is 25.9. The van der Waals surface area contributed by atoms with Gasteiger partial charge in [0.25, 0.3) is 0 Å². The Kier molecular flexibility index (Phi) is 4.37. The molecule has 126 valence electrons. The van der Waals surface area contributed by atoms with Crippen molar-refractivity contribution in [3.63, 3.8) is 0 Å². The maximum atomic E-state index is 12.6. The third-order valence-corrected chi connectivity index (χ3v) is 4.80. The summed E-state index contributed by atoms with van der Waals surface area (Å²) in [6.07, 6.45) is 3.35. The van der Waals surface area contributed by atoms with E-state index in [9.17, 15) is 9.59 Å². The summed E-state index contributed by atoms with van der Waals surface area (Å²) in [5.74, 6) is 2.25. The number of hydrogen-bond acceptors (Lipinski definition) is 4. The third kappa shape index (κ3) is 3.09. The van der Waals surface area contributed by atoms with Crippen molar-refractivity contribution in [2.24, 2.45) is 0 Å². The molecule has 3 rings (SSSR count). The number of aryl methyl sites for hydroxylation is 1. The minimum absolute atomic E-state index is 0.0190. The molecule has 1 N–H and O–H groups in total. The lowest BCUT2D eigenvalue weighted by molar-refractivity contribution is -0.137. The molecular formula is C16H25N5O2. The molecule has 2 aliphatic heterocycles. The summed E-state index contributed by atoms with van der Waals surface area (Å²) in [7, 11) is 0. The van der Waals surface area contributed by atoms with Crippen molar-refractivity contribution in [1.29, 1.82) is 0 Å². The molecule has 0 unspecified atom stereocenters. The number of carbonyl (C=O) groups is 2. The first-order valence-corrected chi connectivity index (χ1v) is 8.47. The highest BCUT2D eigenvalue weighted by molar-refractivity contribution is 5.87. The van der Waals surface area contributed by atoms with E-state index in [2.05, 4.69) is 33.9 Å². The lowest BCUT2D eigenvalue weighted by Crippen LogP contribution is -2.50. The van der Waals surface area contributed by atoms with E-state index in [-0.39, 0.29) is 23.9 Å². The largest absolute Gasteiger partial charge is 0.350 e. The van der Waals surface area contributed by atoms with Crippen LogP contribution in [0.25, 0.3) is 0 Å². The summed E-state index contributed by atoms with van der Waals surface area (Å²) < 4.78 is 2.14. The Labute approximate surface area is 136 Å². The Morgan fingerprint density at radius 1 is 1.26 bits per heavy atom. The van der Waals surface area contributed by atoms with Crippen LogP contribution in [-0.2, 0) is 22.6 Å². The summed E-state index contributed by atoms with van der Waals surface area (Å²) >= 11 is 0. The third-order valence-electron chi connectivity index (χ3n) is 4.80. The van der Waals surface area contributed by atoms with Crippen LogP contribution in [0.3, 0.4) is 0 Å². The topological polar surface area (TPSA) is 80.1 Å². The van der Waals surface area contributed by atoms with Gasteiger partial charge in [-0.3, -0.25) is 9.59 Å². The van der Waals surface area contributed by atoms with Crippen molar-refractivity contribution < 1.29 is 9.59 Å². The van der Waals surface area contributed by atoms with Crippen LogP contribution in [0.15, 0.2) is 0 Å². The van der Waals surface area contributed by atoms with Crippen LogP contribution in [-0.4, -0.2) is 50.1 Å². The highest BCUT2D eigenvalue weighted by Crippen LogP contribution is 2.21. The predicted octanol–water partition coefficient (Wildman–Crippen LogP) is 0.843. The number of fused-ring (bicyclic) bond motifs is 1. The Hall–Kier alpha value is -1.92. The second-order valence-corrected chi connectivity index (χ2v) is 6.85. The van der Waals surface area contributed by atoms with Gasteiger partial charge in [-0.25, -0.2) is 0 Å². The van der Waals surface area contributed by atoms with E-state index < -0.39 is 0 Å². The zero-order chi connectivity index (χ0) is 16.6. The average molecular weight is 319 g/mol. The maximum Gasteiger partial charge on any atom is 0.243 e. The number of likely N-dealkylation sites (tertiary alicyclic amines) is 1. The van der Waals surface area contributed by atoms with Gasteiger partial charge in [0.2, 0.25) is 11.8 Å². The fourth-order valence-electron chi connectivity index (χ4n) is 3.61. The van der Waals surface area contributed by atoms with Gasteiger partial charge in [-0.05, 0) is 19.3 Å². The summed E-state index contributed by atoms with van der Waals surface area (Å²) in [5.41, 5.74) is 0.